The van der Waals surface area contributed by atoms with Crippen molar-refractivity contribution in [3.05, 3.63) is 0 Å². The summed E-state index contributed by atoms with van der Waals surface area (Å²) in [5.41, 5.74) is 0. The van der Waals surface area contributed by atoms with Gasteiger partial charge in [-0.15, -0.1) is 0 Å². The zero-order valence-corrected chi connectivity index (χ0v) is 11.2. The molecule has 0 aromatic carbocycles. The Morgan fingerprint density at radius 1 is 1.47 bits per heavy atom. The molecular formula is C12H19NO3S. The molecule has 17 heavy (non-hydrogen) atoms. The molecule has 1 aliphatic heterocycles. The summed E-state index contributed by atoms with van der Waals surface area (Å²) in [6.45, 7) is 0. The van der Waals surface area contributed by atoms with Crippen LogP contribution in [0.2, 0.25) is 0 Å². The number of carbonyl (C=O) groups excluding carboxylic acids is 2. The van der Waals surface area contributed by atoms with Gasteiger partial charge in [0.05, 0.1) is 19.1 Å². The fraction of sp³-hybridized carbons (Fsp3) is 0.833. The van der Waals surface area contributed by atoms with Gasteiger partial charge in [-0.05, 0) is 12.8 Å². The largest absolute Gasteiger partial charge is 0.453 e. The first-order valence-electron chi connectivity index (χ1n) is 6.10. The second-order valence-corrected chi connectivity index (χ2v) is 6.03. The molecule has 1 amide bonds. The van der Waals surface area contributed by atoms with E-state index in [1.54, 1.807) is 11.9 Å². The van der Waals surface area contributed by atoms with Crippen molar-refractivity contribution in [2.75, 3.05) is 19.9 Å². The average Bonchev–Trinajstić information content (AvgIpc) is 2.68. The number of amides is 1. The van der Waals surface area contributed by atoms with Crippen LogP contribution in [0.15, 0.2) is 0 Å². The molecule has 0 aromatic rings. The van der Waals surface area contributed by atoms with Crippen LogP contribution in [0, 0.1) is 5.92 Å². The molecule has 96 valence electrons. The Hall–Kier alpha value is -0.710. The molecule has 0 bridgehead atoms. The van der Waals surface area contributed by atoms with E-state index in [4.69, 9.17) is 4.74 Å². The van der Waals surface area contributed by atoms with Crippen LogP contribution in [0.4, 0.5) is 4.79 Å². The van der Waals surface area contributed by atoms with Crippen molar-refractivity contribution in [1.82, 2.24) is 4.90 Å². The summed E-state index contributed by atoms with van der Waals surface area (Å²) in [5, 5.41) is 0.405. The fourth-order valence-electron chi connectivity index (χ4n) is 2.81. The Balaban J connectivity index is 2.13. The molecule has 2 rings (SSSR count). The van der Waals surface area contributed by atoms with Crippen molar-refractivity contribution in [2.24, 2.45) is 5.92 Å². The van der Waals surface area contributed by atoms with E-state index in [1.807, 2.05) is 11.8 Å². The van der Waals surface area contributed by atoms with Crippen LogP contribution in [-0.4, -0.2) is 48.0 Å². The predicted molar refractivity (Wildman–Crippen MR) is 67.2 cm³/mol. The maximum atomic E-state index is 12.1. The molecule has 1 saturated heterocycles. The number of fused-ring (bicyclic) bond motifs is 1. The summed E-state index contributed by atoms with van der Waals surface area (Å²) in [7, 11) is 3.12. The highest BCUT2D eigenvalue weighted by atomic mass is 32.2. The Morgan fingerprint density at radius 2 is 2.24 bits per heavy atom. The lowest BCUT2D eigenvalue weighted by Crippen LogP contribution is -2.45. The first kappa shape index (κ1) is 12.7. The summed E-state index contributed by atoms with van der Waals surface area (Å²) in [6.07, 6.45) is 3.57. The molecule has 1 saturated carbocycles. The van der Waals surface area contributed by atoms with Crippen LogP contribution in [-0.2, 0) is 9.53 Å². The number of ether oxygens (including phenoxy) is 1. The van der Waals surface area contributed by atoms with E-state index in [0.29, 0.717) is 17.5 Å². The van der Waals surface area contributed by atoms with Crippen molar-refractivity contribution >= 4 is 23.6 Å². The fourth-order valence-corrected chi connectivity index (χ4v) is 4.55. The van der Waals surface area contributed by atoms with Gasteiger partial charge in [-0.2, -0.15) is 11.8 Å². The maximum absolute atomic E-state index is 12.1. The number of rotatable bonds is 1. The lowest BCUT2D eigenvalue weighted by atomic mass is 9.91. The molecule has 3 atom stereocenters. The number of carbonyl (C=O) groups is 2. The smallest absolute Gasteiger partial charge is 0.409 e. The highest BCUT2D eigenvalue weighted by molar-refractivity contribution is 8.00. The second-order valence-electron chi connectivity index (χ2n) is 4.76. The third-order valence-electron chi connectivity index (χ3n) is 3.79. The molecule has 1 aliphatic carbocycles. The number of ketones is 1. The van der Waals surface area contributed by atoms with E-state index in [1.165, 1.54) is 7.11 Å². The summed E-state index contributed by atoms with van der Waals surface area (Å²) in [5.74, 6) is 1.21. The first-order chi connectivity index (χ1) is 8.15. The van der Waals surface area contributed by atoms with Gasteiger partial charge in [0.2, 0.25) is 0 Å². The Kier molecular flexibility index (Phi) is 3.97. The highest BCUT2D eigenvalue weighted by Crippen LogP contribution is 2.41. The van der Waals surface area contributed by atoms with Crippen molar-refractivity contribution in [2.45, 2.75) is 37.0 Å². The Morgan fingerprint density at radius 3 is 2.94 bits per heavy atom. The van der Waals surface area contributed by atoms with Gasteiger partial charge in [0.1, 0.15) is 5.78 Å². The van der Waals surface area contributed by atoms with E-state index >= 15 is 0 Å². The number of hydrogen-bond donors (Lipinski definition) is 0. The van der Waals surface area contributed by atoms with E-state index in [9.17, 15) is 9.59 Å². The number of methoxy groups -OCH3 is 1. The van der Waals surface area contributed by atoms with Gasteiger partial charge in [-0.1, -0.05) is 6.42 Å². The molecule has 0 N–H and O–H groups in total. The van der Waals surface area contributed by atoms with Gasteiger partial charge in [0.25, 0.3) is 0 Å². The monoisotopic (exact) mass is 257 g/mol. The lowest BCUT2D eigenvalue weighted by Gasteiger charge is -2.28. The van der Waals surface area contributed by atoms with Gasteiger partial charge in [-0.3, -0.25) is 4.79 Å². The van der Waals surface area contributed by atoms with Gasteiger partial charge in [-0.25, -0.2) is 4.79 Å². The van der Waals surface area contributed by atoms with E-state index in [-0.39, 0.29) is 18.1 Å². The van der Waals surface area contributed by atoms with E-state index in [0.717, 1.165) is 25.0 Å². The number of thioether (sulfide) groups is 1. The minimum atomic E-state index is -0.340. The predicted octanol–water partition coefficient (Wildman–Crippen LogP) is 1.93. The van der Waals surface area contributed by atoms with Crippen LogP contribution >= 0.6 is 11.8 Å². The maximum Gasteiger partial charge on any atom is 0.409 e. The normalized spacial score (nSPS) is 32.8. The molecule has 2 aliphatic rings. The van der Waals surface area contributed by atoms with Crippen LogP contribution < -0.4 is 0 Å². The van der Waals surface area contributed by atoms with Gasteiger partial charge >= 0.3 is 6.09 Å². The second kappa shape index (κ2) is 5.29. The van der Waals surface area contributed by atoms with Crippen molar-refractivity contribution in [3.8, 4) is 0 Å². The Labute approximate surface area is 106 Å². The van der Waals surface area contributed by atoms with E-state index in [2.05, 4.69) is 0 Å². The lowest BCUT2D eigenvalue weighted by molar-refractivity contribution is -0.123. The molecule has 5 heteroatoms. The number of nitrogens with zero attached hydrogens (tertiary/aromatic N) is 1. The molecule has 0 radical (unpaired) electrons. The highest BCUT2D eigenvalue weighted by Gasteiger charge is 2.45. The molecular weight excluding hydrogens is 238 g/mol. The van der Waals surface area contributed by atoms with Gasteiger partial charge in [0, 0.05) is 24.5 Å². The quantitative estimate of drug-likeness (QED) is 0.720. The Bertz CT molecular complexity index is 321. The van der Waals surface area contributed by atoms with Crippen LogP contribution in [0.25, 0.3) is 0 Å². The first-order valence-corrected chi connectivity index (χ1v) is 7.15. The zero-order valence-electron chi connectivity index (χ0n) is 10.3. The summed E-state index contributed by atoms with van der Waals surface area (Å²) in [4.78, 5) is 25.3. The molecule has 0 unspecified atom stereocenters. The SMILES string of the molecule is COC(=O)N(C)[C@@H]1CS[C@H]2CCCCC(=O)[C@H]21. The molecule has 0 spiro atoms. The third-order valence-corrected chi connectivity index (χ3v) is 5.28. The van der Waals surface area contributed by atoms with Crippen molar-refractivity contribution in [1.29, 1.82) is 0 Å². The molecule has 1 heterocycles. The topological polar surface area (TPSA) is 46.6 Å². The summed E-state index contributed by atoms with van der Waals surface area (Å²) in [6, 6.07) is 0.0167. The minimum Gasteiger partial charge on any atom is -0.453 e. The third kappa shape index (κ3) is 2.44. The van der Waals surface area contributed by atoms with Crippen LogP contribution in [0.1, 0.15) is 25.7 Å². The summed E-state index contributed by atoms with van der Waals surface area (Å²) >= 11 is 1.84. The van der Waals surface area contributed by atoms with Crippen LogP contribution in [0.5, 0.6) is 0 Å². The van der Waals surface area contributed by atoms with E-state index < -0.39 is 0 Å². The van der Waals surface area contributed by atoms with Crippen LogP contribution in [0.3, 0.4) is 0 Å². The van der Waals surface area contributed by atoms with Gasteiger partial charge in [0.15, 0.2) is 0 Å². The average molecular weight is 257 g/mol. The standard InChI is InChI=1S/C12H19NO3S/c1-13(12(15)16-2)8-7-17-10-6-4-3-5-9(14)11(8)10/h8,10-11H,3-7H2,1-2H3/t8-,10+,11-/m1/s1. The molecule has 4 nitrogen and oxygen atoms in total. The molecule has 0 aromatic heterocycles. The number of hydrogen-bond acceptors (Lipinski definition) is 4. The zero-order chi connectivity index (χ0) is 12.4. The number of Topliss-reactive ketones (excluding diaryl/α,β-unsaturated/α-hetero) is 1. The van der Waals surface area contributed by atoms with Gasteiger partial charge < -0.3 is 9.64 Å². The minimum absolute atomic E-state index is 0.0167. The van der Waals surface area contributed by atoms with Crippen molar-refractivity contribution in [3.63, 3.8) is 0 Å². The van der Waals surface area contributed by atoms with Crippen molar-refractivity contribution < 1.29 is 14.3 Å². The molecule has 2 fully saturated rings. The summed E-state index contributed by atoms with van der Waals surface area (Å²) < 4.78 is 4.74.